The molecule has 0 aromatic carbocycles. The Morgan fingerprint density at radius 2 is 2.40 bits per heavy atom. The summed E-state index contributed by atoms with van der Waals surface area (Å²) in [5.41, 5.74) is 0.137. The molecule has 10 heavy (non-hydrogen) atoms. The molecule has 0 bridgehead atoms. The first-order valence-electron chi connectivity index (χ1n) is 2.69. The van der Waals surface area contributed by atoms with Gasteiger partial charge in [0.15, 0.2) is 5.78 Å². The highest BCUT2D eigenvalue weighted by Gasteiger charge is 2.02. The molecule has 0 aliphatic carbocycles. The van der Waals surface area contributed by atoms with Crippen molar-refractivity contribution in [3.63, 3.8) is 0 Å². The topological polar surface area (TPSA) is 58.5 Å². The minimum Gasteiger partial charge on any atom is -0.366 e. The Balaban J connectivity index is 4.10. The Morgan fingerprint density at radius 3 is 2.70 bits per heavy atom. The van der Waals surface area contributed by atoms with E-state index in [0.29, 0.717) is 6.29 Å². The molecule has 0 amide bonds. The fourth-order valence-corrected chi connectivity index (χ4v) is 0.425. The second-order valence-electron chi connectivity index (χ2n) is 1.61. The van der Waals surface area contributed by atoms with Gasteiger partial charge >= 0.3 is 0 Å². The van der Waals surface area contributed by atoms with E-state index in [1.54, 1.807) is 0 Å². The second-order valence-corrected chi connectivity index (χ2v) is 1.61. The molecule has 0 saturated heterocycles. The Labute approximate surface area is 60.1 Å². The molecule has 0 saturated carbocycles. The van der Waals surface area contributed by atoms with E-state index >= 15 is 0 Å². The number of hydrogen-bond acceptors (Lipinski definition) is 4. The first kappa shape index (κ1) is 8.87. The van der Waals surface area contributed by atoms with Gasteiger partial charge in [0.25, 0.3) is 7.98 Å². The lowest BCUT2D eigenvalue weighted by atomic mass is 10.2. The van der Waals surface area contributed by atoms with Crippen LogP contribution in [0.4, 0.5) is 0 Å². The number of aldehydes is 1. The van der Waals surface area contributed by atoms with Crippen LogP contribution in [-0.2, 0) is 9.59 Å². The number of rotatable bonds is 4. The van der Waals surface area contributed by atoms with Gasteiger partial charge in [0.05, 0.1) is 6.42 Å². The highest BCUT2D eigenvalue weighted by molar-refractivity contribution is 6.41. The van der Waals surface area contributed by atoms with Crippen LogP contribution >= 0.6 is 0 Å². The molecular weight excluding hydrogens is 131 g/mol. The van der Waals surface area contributed by atoms with Gasteiger partial charge in [-0.05, 0) is 0 Å². The van der Waals surface area contributed by atoms with Crippen molar-refractivity contribution < 1.29 is 9.59 Å². The van der Waals surface area contributed by atoms with E-state index in [0.717, 1.165) is 0 Å². The van der Waals surface area contributed by atoms with Gasteiger partial charge in [-0.2, -0.15) is 5.10 Å². The average molecular weight is 138 g/mol. The highest BCUT2D eigenvalue weighted by atomic mass is 16.1. The molecule has 52 valence electrons. The van der Waals surface area contributed by atoms with Crippen LogP contribution in [0.25, 0.3) is 0 Å². The Kier molecular flexibility index (Phi) is 4.19. The summed E-state index contributed by atoms with van der Waals surface area (Å²) < 4.78 is 0. The van der Waals surface area contributed by atoms with Crippen LogP contribution in [0.2, 0.25) is 0 Å². The zero-order chi connectivity index (χ0) is 7.98. The largest absolute Gasteiger partial charge is 0.366 e. The molecule has 5 heteroatoms. The summed E-state index contributed by atoms with van der Waals surface area (Å²) in [6, 6.07) is 0. The maximum absolute atomic E-state index is 10.5. The van der Waals surface area contributed by atoms with Gasteiger partial charge in [-0.25, -0.2) is 0 Å². The molecule has 0 aliphatic heterocycles. The predicted molar refractivity (Wildman–Crippen MR) is 37.7 cm³/mol. The SMILES string of the molecule is [B]N/N=C(/CC=O)C(C)=O. The maximum Gasteiger partial charge on any atom is 0.251 e. The van der Waals surface area contributed by atoms with Gasteiger partial charge in [-0.15, -0.1) is 0 Å². The highest BCUT2D eigenvalue weighted by Crippen LogP contribution is 1.83. The van der Waals surface area contributed by atoms with Crippen molar-refractivity contribution in [2.75, 3.05) is 0 Å². The third-order valence-electron chi connectivity index (χ3n) is 0.883. The standard InChI is InChI=1S/C5H7BN2O2/c1-4(10)5(2-3-9)7-8-6/h3,8H,2H2,1H3/b7-5-. The molecule has 0 aromatic heterocycles. The zero-order valence-electron chi connectivity index (χ0n) is 5.63. The van der Waals surface area contributed by atoms with Crippen LogP contribution in [0, 0.1) is 0 Å². The van der Waals surface area contributed by atoms with Gasteiger partial charge in [0.1, 0.15) is 12.0 Å². The number of hydrazone groups is 1. The van der Waals surface area contributed by atoms with Crippen molar-refractivity contribution in [3.05, 3.63) is 0 Å². The quantitative estimate of drug-likeness (QED) is 0.239. The molecule has 4 nitrogen and oxygen atoms in total. The van der Waals surface area contributed by atoms with Crippen LogP contribution < -0.4 is 5.34 Å². The predicted octanol–water partition coefficient (Wildman–Crippen LogP) is -0.807. The smallest absolute Gasteiger partial charge is 0.251 e. The lowest BCUT2D eigenvalue weighted by molar-refractivity contribution is -0.112. The maximum atomic E-state index is 10.5. The number of hydrogen-bond donors (Lipinski definition) is 1. The van der Waals surface area contributed by atoms with E-state index in [1.165, 1.54) is 6.92 Å². The molecule has 0 atom stereocenters. The molecule has 0 aliphatic rings. The minimum atomic E-state index is -0.259. The van der Waals surface area contributed by atoms with E-state index in [2.05, 4.69) is 5.10 Å². The Morgan fingerprint density at radius 1 is 1.80 bits per heavy atom. The van der Waals surface area contributed by atoms with E-state index in [1.807, 2.05) is 5.34 Å². The van der Waals surface area contributed by atoms with Crippen LogP contribution in [-0.4, -0.2) is 25.8 Å². The summed E-state index contributed by atoms with van der Waals surface area (Å²) in [7, 11) is 4.79. The summed E-state index contributed by atoms with van der Waals surface area (Å²) in [6.07, 6.45) is 0.594. The van der Waals surface area contributed by atoms with Crippen LogP contribution in [0.3, 0.4) is 0 Å². The van der Waals surface area contributed by atoms with E-state index in [4.69, 9.17) is 7.98 Å². The first-order valence-corrected chi connectivity index (χ1v) is 2.69. The van der Waals surface area contributed by atoms with E-state index in [9.17, 15) is 9.59 Å². The summed E-state index contributed by atoms with van der Waals surface area (Å²) in [5, 5.41) is 5.32. The molecule has 0 aromatic rings. The second kappa shape index (κ2) is 4.73. The van der Waals surface area contributed by atoms with Crippen LogP contribution in [0.1, 0.15) is 13.3 Å². The number of nitrogens with one attached hydrogen (secondary N) is 1. The average Bonchev–Trinajstić information content (AvgIpc) is 1.87. The molecule has 0 spiro atoms. The van der Waals surface area contributed by atoms with Crippen molar-refractivity contribution in [3.8, 4) is 0 Å². The lowest BCUT2D eigenvalue weighted by Gasteiger charge is -1.94. The Bertz CT molecular complexity index is 167. The zero-order valence-corrected chi connectivity index (χ0v) is 5.63. The normalized spacial score (nSPS) is 10.7. The number of nitrogens with zero attached hydrogens (tertiary/aromatic N) is 1. The first-order chi connectivity index (χ1) is 4.72. The fraction of sp³-hybridized carbons (Fsp3) is 0.400. The van der Waals surface area contributed by atoms with Crippen LogP contribution in [0.15, 0.2) is 5.10 Å². The fourth-order valence-electron chi connectivity index (χ4n) is 0.425. The molecule has 0 heterocycles. The van der Waals surface area contributed by atoms with E-state index < -0.39 is 0 Å². The van der Waals surface area contributed by atoms with Crippen molar-refractivity contribution in [1.82, 2.24) is 5.34 Å². The van der Waals surface area contributed by atoms with Gasteiger partial charge < -0.3 is 10.1 Å². The summed E-state index contributed by atoms with van der Waals surface area (Å²) in [5.74, 6) is -0.259. The minimum absolute atomic E-state index is 0.000463. The Hall–Kier alpha value is -1.13. The van der Waals surface area contributed by atoms with Gasteiger partial charge in [0, 0.05) is 6.92 Å². The van der Waals surface area contributed by atoms with Crippen LogP contribution in [0.5, 0.6) is 0 Å². The van der Waals surface area contributed by atoms with Gasteiger partial charge in [-0.3, -0.25) is 4.79 Å². The number of ketones is 1. The van der Waals surface area contributed by atoms with Gasteiger partial charge in [-0.1, -0.05) is 0 Å². The summed E-state index contributed by atoms with van der Waals surface area (Å²) in [4.78, 5) is 20.4. The van der Waals surface area contributed by atoms with Crippen molar-refractivity contribution >= 4 is 25.8 Å². The molecular formula is C5H7BN2O2. The van der Waals surface area contributed by atoms with Crippen molar-refractivity contribution in [1.29, 1.82) is 0 Å². The third-order valence-corrected chi connectivity index (χ3v) is 0.883. The lowest BCUT2D eigenvalue weighted by Crippen LogP contribution is -2.15. The molecule has 2 radical (unpaired) electrons. The number of carbonyl (C=O) groups excluding carboxylic acids is 2. The van der Waals surface area contributed by atoms with Gasteiger partial charge in [0.2, 0.25) is 0 Å². The molecule has 0 rings (SSSR count). The summed E-state index contributed by atoms with van der Waals surface area (Å²) >= 11 is 0. The van der Waals surface area contributed by atoms with Crippen molar-refractivity contribution in [2.24, 2.45) is 5.10 Å². The van der Waals surface area contributed by atoms with E-state index in [-0.39, 0.29) is 17.9 Å². The molecule has 0 fully saturated rings. The monoisotopic (exact) mass is 138 g/mol. The number of carbonyl (C=O) groups is 2. The number of Topliss-reactive ketones (excluding diaryl/α,β-unsaturated/α-hetero) is 1. The summed E-state index contributed by atoms with van der Waals surface area (Å²) in [6.45, 7) is 1.32. The third kappa shape index (κ3) is 3.01. The van der Waals surface area contributed by atoms with Crippen molar-refractivity contribution in [2.45, 2.75) is 13.3 Å². The molecule has 1 N–H and O–H groups in total. The molecule has 0 unspecified atom stereocenters.